The lowest BCUT2D eigenvalue weighted by Gasteiger charge is -2.36. The topological polar surface area (TPSA) is 78.6 Å². The first-order valence-corrected chi connectivity index (χ1v) is 9.67. The standard InChI is InChI=1S/C19H26N6O2/c1-14-18(15(2)27-22-14)19(26)25-10-8-24(9-11-25)17-12-16(20-13-21-17)23-6-4-3-5-7-23/h12-13H,3-11H2,1-2H3. The molecule has 2 aliphatic rings. The first-order chi connectivity index (χ1) is 13.1. The lowest BCUT2D eigenvalue weighted by atomic mass is 10.1. The molecule has 0 bridgehead atoms. The highest BCUT2D eigenvalue weighted by atomic mass is 16.5. The maximum Gasteiger partial charge on any atom is 0.259 e. The van der Waals surface area contributed by atoms with Gasteiger partial charge in [-0.2, -0.15) is 0 Å². The Bertz CT molecular complexity index is 787. The predicted molar refractivity (Wildman–Crippen MR) is 102 cm³/mol. The Labute approximate surface area is 159 Å². The van der Waals surface area contributed by atoms with Crippen LogP contribution < -0.4 is 9.80 Å². The van der Waals surface area contributed by atoms with Crippen molar-refractivity contribution in [1.82, 2.24) is 20.0 Å². The highest BCUT2D eigenvalue weighted by Crippen LogP contribution is 2.23. The molecule has 0 N–H and O–H groups in total. The average Bonchev–Trinajstić information content (AvgIpc) is 3.06. The maximum atomic E-state index is 12.8. The van der Waals surface area contributed by atoms with Gasteiger partial charge in [-0.05, 0) is 33.1 Å². The lowest BCUT2D eigenvalue weighted by Crippen LogP contribution is -2.49. The molecule has 2 aromatic heterocycles. The van der Waals surface area contributed by atoms with Gasteiger partial charge in [0.2, 0.25) is 0 Å². The van der Waals surface area contributed by atoms with Crippen molar-refractivity contribution in [2.24, 2.45) is 0 Å². The summed E-state index contributed by atoms with van der Waals surface area (Å²) in [6.45, 7) is 8.55. The number of carbonyl (C=O) groups excluding carboxylic acids is 1. The molecule has 0 aromatic carbocycles. The Balaban J connectivity index is 1.41. The van der Waals surface area contributed by atoms with Gasteiger partial charge in [0.15, 0.2) is 0 Å². The first kappa shape index (κ1) is 17.8. The van der Waals surface area contributed by atoms with Crippen molar-refractivity contribution < 1.29 is 9.32 Å². The monoisotopic (exact) mass is 370 g/mol. The third-order valence-corrected chi connectivity index (χ3v) is 5.46. The van der Waals surface area contributed by atoms with Crippen molar-refractivity contribution in [2.75, 3.05) is 49.1 Å². The van der Waals surface area contributed by atoms with E-state index >= 15 is 0 Å². The van der Waals surface area contributed by atoms with Gasteiger partial charge in [-0.3, -0.25) is 4.79 Å². The van der Waals surface area contributed by atoms with Crippen molar-refractivity contribution in [3.05, 3.63) is 29.4 Å². The predicted octanol–water partition coefficient (Wildman–Crippen LogP) is 2.03. The normalized spacial score (nSPS) is 18.1. The molecule has 0 spiro atoms. The van der Waals surface area contributed by atoms with Crippen LogP contribution in [0.15, 0.2) is 16.9 Å². The zero-order valence-electron chi connectivity index (χ0n) is 16.0. The van der Waals surface area contributed by atoms with Gasteiger partial charge < -0.3 is 19.2 Å². The van der Waals surface area contributed by atoms with E-state index in [0.29, 0.717) is 30.1 Å². The highest BCUT2D eigenvalue weighted by Gasteiger charge is 2.27. The number of aromatic nitrogens is 3. The van der Waals surface area contributed by atoms with Crippen molar-refractivity contribution in [3.8, 4) is 0 Å². The maximum absolute atomic E-state index is 12.8. The number of hydrogen-bond donors (Lipinski definition) is 0. The summed E-state index contributed by atoms with van der Waals surface area (Å²) in [4.78, 5) is 28.1. The Morgan fingerprint density at radius 1 is 0.926 bits per heavy atom. The smallest absolute Gasteiger partial charge is 0.259 e. The fraction of sp³-hybridized carbons (Fsp3) is 0.579. The van der Waals surface area contributed by atoms with Gasteiger partial charge in [-0.15, -0.1) is 0 Å². The van der Waals surface area contributed by atoms with Crippen LogP contribution in [0.5, 0.6) is 0 Å². The first-order valence-electron chi connectivity index (χ1n) is 9.67. The van der Waals surface area contributed by atoms with Crippen LogP contribution in [0.2, 0.25) is 0 Å². The van der Waals surface area contributed by atoms with E-state index in [9.17, 15) is 4.79 Å². The molecule has 8 nitrogen and oxygen atoms in total. The fourth-order valence-corrected chi connectivity index (χ4v) is 3.89. The number of amides is 1. The number of hydrogen-bond acceptors (Lipinski definition) is 7. The molecule has 0 atom stereocenters. The molecule has 0 unspecified atom stereocenters. The number of piperidine rings is 1. The number of anilines is 2. The summed E-state index contributed by atoms with van der Waals surface area (Å²) < 4.78 is 5.14. The van der Waals surface area contributed by atoms with E-state index in [0.717, 1.165) is 37.8 Å². The van der Waals surface area contributed by atoms with Gasteiger partial charge >= 0.3 is 0 Å². The Morgan fingerprint density at radius 3 is 2.15 bits per heavy atom. The van der Waals surface area contributed by atoms with Crippen molar-refractivity contribution in [1.29, 1.82) is 0 Å². The number of rotatable bonds is 3. The fourth-order valence-electron chi connectivity index (χ4n) is 3.89. The second kappa shape index (κ2) is 7.54. The van der Waals surface area contributed by atoms with E-state index in [-0.39, 0.29) is 5.91 Å². The summed E-state index contributed by atoms with van der Waals surface area (Å²) in [6.07, 6.45) is 5.40. The summed E-state index contributed by atoms with van der Waals surface area (Å²) in [5.74, 6) is 2.54. The SMILES string of the molecule is Cc1noc(C)c1C(=O)N1CCN(c2cc(N3CCCCC3)ncn2)CC1. The molecule has 4 heterocycles. The van der Waals surface area contributed by atoms with Gasteiger partial charge in [0.25, 0.3) is 5.91 Å². The molecule has 144 valence electrons. The molecule has 0 aliphatic carbocycles. The Kier molecular flexibility index (Phi) is 4.96. The van der Waals surface area contributed by atoms with Crippen molar-refractivity contribution >= 4 is 17.5 Å². The molecule has 2 saturated heterocycles. The zero-order chi connectivity index (χ0) is 18.8. The van der Waals surface area contributed by atoms with Crippen LogP contribution >= 0.6 is 0 Å². The molecule has 2 aliphatic heterocycles. The molecular weight excluding hydrogens is 344 g/mol. The highest BCUT2D eigenvalue weighted by molar-refractivity contribution is 5.96. The second-order valence-electron chi connectivity index (χ2n) is 7.26. The van der Waals surface area contributed by atoms with Gasteiger partial charge in [0.05, 0.1) is 5.69 Å². The summed E-state index contributed by atoms with van der Waals surface area (Å²) in [6, 6.07) is 2.08. The second-order valence-corrected chi connectivity index (χ2v) is 7.26. The van der Waals surface area contributed by atoms with E-state index in [1.165, 1.54) is 19.3 Å². The van der Waals surface area contributed by atoms with E-state index in [4.69, 9.17) is 4.52 Å². The third-order valence-electron chi connectivity index (χ3n) is 5.46. The molecule has 0 saturated carbocycles. The van der Waals surface area contributed by atoms with Crippen LogP contribution in [-0.4, -0.2) is 65.2 Å². The Hall–Kier alpha value is -2.64. The molecule has 1 amide bonds. The van der Waals surface area contributed by atoms with Crippen LogP contribution in [0.25, 0.3) is 0 Å². The molecule has 2 fully saturated rings. The van der Waals surface area contributed by atoms with Crippen LogP contribution in [0.3, 0.4) is 0 Å². The number of aryl methyl sites for hydroxylation is 2. The average molecular weight is 370 g/mol. The van der Waals surface area contributed by atoms with E-state index < -0.39 is 0 Å². The number of nitrogens with zero attached hydrogens (tertiary/aromatic N) is 6. The molecule has 0 radical (unpaired) electrons. The minimum absolute atomic E-state index is 0.00240. The van der Waals surface area contributed by atoms with E-state index in [2.05, 4.69) is 31.0 Å². The van der Waals surface area contributed by atoms with Crippen LogP contribution in [0, 0.1) is 13.8 Å². The molecule has 8 heteroatoms. The quantitative estimate of drug-likeness (QED) is 0.818. The molecular formula is C19H26N6O2. The number of carbonyl (C=O) groups is 1. The molecule has 2 aromatic rings. The van der Waals surface area contributed by atoms with Crippen molar-refractivity contribution in [2.45, 2.75) is 33.1 Å². The minimum atomic E-state index is 0.00240. The largest absolute Gasteiger partial charge is 0.361 e. The van der Waals surface area contributed by atoms with Crippen molar-refractivity contribution in [3.63, 3.8) is 0 Å². The Morgan fingerprint density at radius 2 is 1.56 bits per heavy atom. The van der Waals surface area contributed by atoms with Crippen LogP contribution in [-0.2, 0) is 0 Å². The van der Waals surface area contributed by atoms with Gasteiger partial charge in [-0.1, -0.05) is 5.16 Å². The number of piperazine rings is 1. The van der Waals surface area contributed by atoms with Gasteiger partial charge in [0, 0.05) is 45.3 Å². The van der Waals surface area contributed by atoms with Crippen LogP contribution in [0.1, 0.15) is 41.1 Å². The minimum Gasteiger partial charge on any atom is -0.361 e. The summed E-state index contributed by atoms with van der Waals surface area (Å²) in [5, 5.41) is 3.89. The van der Waals surface area contributed by atoms with E-state index in [1.54, 1.807) is 13.3 Å². The third kappa shape index (κ3) is 3.61. The zero-order valence-corrected chi connectivity index (χ0v) is 16.0. The lowest BCUT2D eigenvalue weighted by molar-refractivity contribution is 0.0744. The van der Waals surface area contributed by atoms with Gasteiger partial charge in [-0.25, -0.2) is 9.97 Å². The molecule has 4 rings (SSSR count). The summed E-state index contributed by atoms with van der Waals surface area (Å²) >= 11 is 0. The van der Waals surface area contributed by atoms with E-state index in [1.807, 2.05) is 11.8 Å². The molecule has 27 heavy (non-hydrogen) atoms. The summed E-state index contributed by atoms with van der Waals surface area (Å²) in [5.41, 5.74) is 1.25. The van der Waals surface area contributed by atoms with Crippen LogP contribution in [0.4, 0.5) is 11.6 Å². The van der Waals surface area contributed by atoms with Gasteiger partial charge in [0.1, 0.15) is 29.3 Å². The summed E-state index contributed by atoms with van der Waals surface area (Å²) in [7, 11) is 0.